The molecule has 0 aliphatic heterocycles. The highest BCUT2D eigenvalue weighted by molar-refractivity contribution is 5.98. The molecule has 0 spiro atoms. The normalized spacial score (nSPS) is 17.4. The molecule has 1 unspecified atom stereocenters. The highest BCUT2D eigenvalue weighted by Crippen LogP contribution is 2.35. The van der Waals surface area contributed by atoms with Gasteiger partial charge in [-0.2, -0.15) is 5.10 Å². The van der Waals surface area contributed by atoms with E-state index in [9.17, 15) is 18.8 Å². The summed E-state index contributed by atoms with van der Waals surface area (Å²) in [5.41, 5.74) is 2.29. The number of hydrogen-bond donors (Lipinski definition) is 2. The van der Waals surface area contributed by atoms with Crippen LogP contribution in [0, 0.1) is 18.2 Å². The zero-order chi connectivity index (χ0) is 25.9. The average Bonchev–Trinajstić information content (AvgIpc) is 3.36. The van der Waals surface area contributed by atoms with E-state index >= 15 is 0 Å². The number of amides is 2. The number of nitrogens with zero attached hydrogens (tertiary/aromatic N) is 3. The van der Waals surface area contributed by atoms with E-state index in [1.54, 1.807) is 25.1 Å². The fourth-order valence-corrected chi connectivity index (χ4v) is 4.17. The molecule has 10 heteroatoms. The minimum atomic E-state index is -0.552. The highest BCUT2D eigenvalue weighted by Gasteiger charge is 2.35. The number of halogens is 1. The van der Waals surface area contributed by atoms with Crippen LogP contribution in [-0.2, 0) is 16.1 Å². The first-order valence-electron chi connectivity index (χ1n) is 11.6. The maximum atomic E-state index is 13.5. The Balaban J connectivity index is 1.45. The van der Waals surface area contributed by atoms with Crippen LogP contribution in [0.15, 0.2) is 48.2 Å². The largest absolute Gasteiger partial charge is 0.469 e. The predicted octanol–water partition coefficient (Wildman–Crippen LogP) is 3.13. The van der Waals surface area contributed by atoms with Gasteiger partial charge in [0.15, 0.2) is 5.65 Å². The number of carbonyl (C=O) groups excluding carboxylic acids is 3. The van der Waals surface area contributed by atoms with Crippen molar-refractivity contribution in [3.63, 3.8) is 0 Å². The van der Waals surface area contributed by atoms with Gasteiger partial charge in [-0.15, -0.1) is 0 Å². The van der Waals surface area contributed by atoms with Gasteiger partial charge in [0.25, 0.3) is 11.8 Å². The number of benzene rings is 1. The van der Waals surface area contributed by atoms with Gasteiger partial charge in [0, 0.05) is 25.2 Å². The van der Waals surface area contributed by atoms with Crippen molar-refractivity contribution in [2.24, 2.45) is 5.41 Å². The molecule has 2 amide bonds. The molecule has 2 heterocycles. The number of esters is 1. The Bertz CT molecular complexity index is 1370. The van der Waals surface area contributed by atoms with Crippen LogP contribution in [0.1, 0.15) is 58.3 Å². The monoisotopic (exact) mass is 493 g/mol. The Morgan fingerprint density at radius 2 is 1.92 bits per heavy atom. The van der Waals surface area contributed by atoms with E-state index in [1.807, 2.05) is 13.0 Å². The molecule has 0 fully saturated rings. The van der Waals surface area contributed by atoms with Crippen molar-refractivity contribution in [1.82, 2.24) is 25.2 Å². The molecule has 0 radical (unpaired) electrons. The molecule has 4 rings (SSSR count). The molecule has 9 nitrogen and oxygen atoms in total. The van der Waals surface area contributed by atoms with Gasteiger partial charge in [-0.25, -0.2) is 13.9 Å². The van der Waals surface area contributed by atoms with E-state index in [1.165, 1.54) is 30.0 Å². The minimum Gasteiger partial charge on any atom is -0.469 e. The SMILES string of the molecule is COC(=O)C1(C)CC=C(CNC(=O)c2cc(C(=O)NCc3ccc(F)c(C)c3)nc3ccnn23)CC1. The van der Waals surface area contributed by atoms with Crippen LogP contribution in [-0.4, -0.2) is 46.0 Å². The number of allylic oxidation sites excluding steroid dienone is 1. The number of hydrogen-bond acceptors (Lipinski definition) is 6. The van der Waals surface area contributed by atoms with Crippen LogP contribution in [0.3, 0.4) is 0 Å². The summed E-state index contributed by atoms with van der Waals surface area (Å²) < 4.78 is 19.8. The second-order valence-corrected chi connectivity index (χ2v) is 9.20. The van der Waals surface area contributed by atoms with Crippen molar-refractivity contribution in [1.29, 1.82) is 0 Å². The third-order valence-electron chi connectivity index (χ3n) is 6.49. The predicted molar refractivity (Wildman–Crippen MR) is 130 cm³/mol. The molecular formula is C26H28FN5O4. The second kappa shape index (κ2) is 10.3. The van der Waals surface area contributed by atoms with Crippen LogP contribution >= 0.6 is 0 Å². The number of rotatable bonds is 7. The molecule has 1 aliphatic carbocycles. The smallest absolute Gasteiger partial charge is 0.311 e. The van der Waals surface area contributed by atoms with Gasteiger partial charge < -0.3 is 15.4 Å². The number of fused-ring (bicyclic) bond motifs is 1. The first-order valence-corrected chi connectivity index (χ1v) is 11.6. The van der Waals surface area contributed by atoms with Crippen molar-refractivity contribution >= 4 is 23.4 Å². The Morgan fingerprint density at radius 1 is 1.14 bits per heavy atom. The highest BCUT2D eigenvalue weighted by atomic mass is 19.1. The van der Waals surface area contributed by atoms with E-state index in [4.69, 9.17) is 4.74 Å². The van der Waals surface area contributed by atoms with Crippen LogP contribution in [0.5, 0.6) is 0 Å². The van der Waals surface area contributed by atoms with E-state index in [0.29, 0.717) is 37.0 Å². The maximum Gasteiger partial charge on any atom is 0.311 e. The van der Waals surface area contributed by atoms with Crippen LogP contribution in [0.2, 0.25) is 0 Å². The fourth-order valence-electron chi connectivity index (χ4n) is 4.17. The summed E-state index contributed by atoms with van der Waals surface area (Å²) in [6.07, 6.45) is 5.31. The molecule has 0 saturated heterocycles. The van der Waals surface area contributed by atoms with Gasteiger partial charge in [0.1, 0.15) is 17.2 Å². The first-order chi connectivity index (χ1) is 17.2. The lowest BCUT2D eigenvalue weighted by molar-refractivity contribution is -0.152. The lowest BCUT2D eigenvalue weighted by atomic mass is 9.76. The van der Waals surface area contributed by atoms with Gasteiger partial charge >= 0.3 is 5.97 Å². The molecule has 2 N–H and O–H groups in total. The third kappa shape index (κ3) is 5.27. The van der Waals surface area contributed by atoms with Crippen LogP contribution < -0.4 is 10.6 Å². The first kappa shape index (κ1) is 25.0. The Labute approximate surface area is 207 Å². The molecule has 36 heavy (non-hydrogen) atoms. The number of nitrogens with one attached hydrogen (secondary N) is 2. The maximum absolute atomic E-state index is 13.5. The summed E-state index contributed by atoms with van der Waals surface area (Å²) in [6, 6.07) is 7.62. The molecule has 1 aromatic carbocycles. The zero-order valence-electron chi connectivity index (χ0n) is 20.4. The Morgan fingerprint density at radius 3 is 2.61 bits per heavy atom. The molecule has 1 aliphatic rings. The van der Waals surface area contributed by atoms with Crippen molar-refractivity contribution in [3.8, 4) is 0 Å². The van der Waals surface area contributed by atoms with Crippen molar-refractivity contribution in [3.05, 3.63) is 76.5 Å². The molecule has 0 bridgehead atoms. The minimum absolute atomic E-state index is 0.0673. The Hall–Kier alpha value is -4.08. The number of aryl methyl sites for hydroxylation is 1. The summed E-state index contributed by atoms with van der Waals surface area (Å²) in [7, 11) is 1.38. The summed E-state index contributed by atoms with van der Waals surface area (Å²) in [4.78, 5) is 42.1. The topological polar surface area (TPSA) is 115 Å². The van der Waals surface area contributed by atoms with E-state index in [0.717, 1.165) is 11.1 Å². The van der Waals surface area contributed by atoms with Gasteiger partial charge in [-0.1, -0.05) is 23.8 Å². The van der Waals surface area contributed by atoms with Gasteiger partial charge in [-0.3, -0.25) is 14.4 Å². The van der Waals surface area contributed by atoms with Crippen molar-refractivity contribution in [2.75, 3.05) is 13.7 Å². The fraction of sp³-hybridized carbons (Fsp3) is 0.346. The number of ether oxygens (including phenoxy) is 1. The molecule has 188 valence electrons. The van der Waals surface area contributed by atoms with E-state index in [2.05, 4.69) is 20.7 Å². The lowest BCUT2D eigenvalue weighted by Crippen LogP contribution is -2.33. The molecule has 3 aromatic rings. The van der Waals surface area contributed by atoms with Crippen molar-refractivity contribution in [2.45, 2.75) is 39.7 Å². The van der Waals surface area contributed by atoms with Crippen LogP contribution in [0.4, 0.5) is 4.39 Å². The standard InChI is InChI=1S/C26H28FN5O4/c1-16-12-18(4-5-19(16)27)15-28-23(33)20-13-21(32-22(31-20)8-11-30-32)24(34)29-14-17-6-9-26(2,10-7-17)25(35)36-3/h4-6,8,11-13H,7,9-10,14-15H2,1-3H3,(H,28,33)(H,29,34). The number of carbonyl (C=O) groups is 3. The summed E-state index contributed by atoms with van der Waals surface area (Å²) in [5.74, 6) is -1.42. The van der Waals surface area contributed by atoms with Gasteiger partial charge in [0.05, 0.1) is 18.7 Å². The molecule has 1 atom stereocenters. The summed E-state index contributed by atoms with van der Waals surface area (Å²) in [6.45, 7) is 4.03. The second-order valence-electron chi connectivity index (χ2n) is 9.20. The zero-order valence-corrected chi connectivity index (χ0v) is 20.4. The van der Waals surface area contributed by atoms with Gasteiger partial charge in [0.2, 0.25) is 0 Å². The molecular weight excluding hydrogens is 465 g/mol. The number of aromatic nitrogens is 3. The quantitative estimate of drug-likeness (QED) is 0.386. The molecule has 0 saturated carbocycles. The lowest BCUT2D eigenvalue weighted by Gasteiger charge is -2.30. The van der Waals surface area contributed by atoms with Gasteiger partial charge in [-0.05, 0) is 50.3 Å². The summed E-state index contributed by atoms with van der Waals surface area (Å²) >= 11 is 0. The van der Waals surface area contributed by atoms with E-state index in [-0.39, 0.29) is 29.7 Å². The van der Waals surface area contributed by atoms with Crippen molar-refractivity contribution < 1.29 is 23.5 Å². The molecule has 2 aromatic heterocycles. The third-order valence-corrected chi connectivity index (χ3v) is 6.49. The average molecular weight is 494 g/mol. The summed E-state index contributed by atoms with van der Waals surface area (Å²) in [5, 5.41) is 9.79. The van der Waals surface area contributed by atoms with Crippen LogP contribution in [0.25, 0.3) is 5.65 Å². The Kier molecular flexibility index (Phi) is 7.14. The van der Waals surface area contributed by atoms with E-state index < -0.39 is 17.2 Å². The number of methoxy groups -OCH3 is 1.